The van der Waals surface area contributed by atoms with Crippen molar-refractivity contribution in [2.24, 2.45) is 5.92 Å². The summed E-state index contributed by atoms with van der Waals surface area (Å²) < 4.78 is 13.3. The predicted molar refractivity (Wildman–Crippen MR) is 61.4 cm³/mol. The van der Waals surface area contributed by atoms with Crippen LogP contribution in [-0.4, -0.2) is 29.1 Å². The number of nitro groups is 1. The number of nitro benzene ring substituents is 1. The Morgan fingerprint density at radius 1 is 1.56 bits per heavy atom. The van der Waals surface area contributed by atoms with Gasteiger partial charge in [0.2, 0.25) is 0 Å². The van der Waals surface area contributed by atoms with Crippen LogP contribution in [0.25, 0.3) is 0 Å². The van der Waals surface area contributed by atoms with Crippen molar-refractivity contribution in [3.63, 3.8) is 0 Å². The first kappa shape index (κ1) is 12.6. The van der Waals surface area contributed by atoms with E-state index < -0.39 is 22.6 Å². The highest BCUT2D eigenvalue weighted by Crippen LogP contribution is 2.36. The fourth-order valence-corrected chi connectivity index (χ4v) is 1.91. The van der Waals surface area contributed by atoms with Crippen LogP contribution in [0.15, 0.2) is 12.1 Å². The average Bonchev–Trinajstić information content (AvgIpc) is 2.19. The van der Waals surface area contributed by atoms with Gasteiger partial charge in [-0.3, -0.25) is 14.9 Å². The fraction of sp³-hybridized carbons (Fsp3) is 0.300. The molecule has 0 unspecified atom stereocenters. The van der Waals surface area contributed by atoms with Crippen molar-refractivity contribution >= 4 is 28.9 Å². The molecule has 1 aromatic carbocycles. The second-order valence-corrected chi connectivity index (χ2v) is 4.36. The highest BCUT2D eigenvalue weighted by molar-refractivity contribution is 6.31. The second kappa shape index (κ2) is 4.41. The summed E-state index contributed by atoms with van der Waals surface area (Å²) in [5, 5.41) is 19.2. The van der Waals surface area contributed by atoms with E-state index in [1.165, 1.54) is 4.90 Å². The number of hydrogen-bond donors (Lipinski definition) is 1. The third-order valence-electron chi connectivity index (χ3n) is 2.79. The SMILES string of the molecule is O=C(O)C1CN(c2cc(F)c(Cl)cc2[N+](=O)[O-])C1. The number of anilines is 1. The van der Waals surface area contributed by atoms with Gasteiger partial charge in [0.15, 0.2) is 0 Å². The molecule has 0 aromatic heterocycles. The van der Waals surface area contributed by atoms with Crippen molar-refractivity contribution in [3.05, 3.63) is 33.1 Å². The van der Waals surface area contributed by atoms with E-state index >= 15 is 0 Å². The van der Waals surface area contributed by atoms with Gasteiger partial charge in [0, 0.05) is 25.2 Å². The van der Waals surface area contributed by atoms with Gasteiger partial charge in [0.1, 0.15) is 11.5 Å². The van der Waals surface area contributed by atoms with Crippen LogP contribution in [0.2, 0.25) is 5.02 Å². The number of aliphatic carboxylic acids is 1. The topological polar surface area (TPSA) is 83.7 Å². The summed E-state index contributed by atoms with van der Waals surface area (Å²) in [7, 11) is 0. The Kier molecular flexibility index (Phi) is 3.08. The maximum Gasteiger partial charge on any atom is 0.310 e. The summed E-state index contributed by atoms with van der Waals surface area (Å²) in [6.07, 6.45) is 0. The molecule has 0 spiro atoms. The largest absolute Gasteiger partial charge is 0.481 e. The molecule has 0 radical (unpaired) electrons. The average molecular weight is 275 g/mol. The van der Waals surface area contributed by atoms with Gasteiger partial charge in [-0.15, -0.1) is 0 Å². The van der Waals surface area contributed by atoms with Crippen LogP contribution in [0.3, 0.4) is 0 Å². The molecule has 1 heterocycles. The Hall–Kier alpha value is -1.89. The Bertz CT molecular complexity index is 531. The van der Waals surface area contributed by atoms with Gasteiger partial charge >= 0.3 is 5.97 Å². The number of carboxylic acid groups (broad SMARTS) is 1. The van der Waals surface area contributed by atoms with Crippen molar-refractivity contribution in [2.75, 3.05) is 18.0 Å². The van der Waals surface area contributed by atoms with Crippen LogP contribution < -0.4 is 4.90 Å². The third kappa shape index (κ3) is 2.08. The summed E-state index contributed by atoms with van der Waals surface area (Å²) in [5.74, 6) is -2.32. The molecule has 96 valence electrons. The number of carbonyl (C=O) groups is 1. The van der Waals surface area contributed by atoms with Crippen LogP contribution in [0, 0.1) is 21.8 Å². The van der Waals surface area contributed by atoms with E-state index in [1.54, 1.807) is 0 Å². The van der Waals surface area contributed by atoms with Gasteiger partial charge in [-0.05, 0) is 0 Å². The first-order valence-corrected chi connectivity index (χ1v) is 5.39. The minimum Gasteiger partial charge on any atom is -0.481 e. The van der Waals surface area contributed by atoms with Gasteiger partial charge in [0.25, 0.3) is 5.69 Å². The van der Waals surface area contributed by atoms with Crippen LogP contribution in [0.5, 0.6) is 0 Å². The normalized spacial score (nSPS) is 15.3. The second-order valence-electron chi connectivity index (χ2n) is 3.95. The van der Waals surface area contributed by atoms with Gasteiger partial charge < -0.3 is 10.0 Å². The van der Waals surface area contributed by atoms with Crippen molar-refractivity contribution in [1.82, 2.24) is 0 Å². The monoisotopic (exact) mass is 274 g/mol. The van der Waals surface area contributed by atoms with E-state index in [0.29, 0.717) is 0 Å². The lowest BCUT2D eigenvalue weighted by atomic mass is 9.99. The Morgan fingerprint density at radius 2 is 2.17 bits per heavy atom. The Morgan fingerprint density at radius 3 is 2.67 bits per heavy atom. The lowest BCUT2D eigenvalue weighted by molar-refractivity contribution is -0.384. The molecule has 6 nitrogen and oxygen atoms in total. The molecule has 1 saturated heterocycles. The first-order chi connectivity index (χ1) is 8.40. The molecule has 18 heavy (non-hydrogen) atoms. The molecule has 0 amide bonds. The first-order valence-electron chi connectivity index (χ1n) is 5.01. The van der Waals surface area contributed by atoms with E-state index in [1.807, 2.05) is 0 Å². The summed E-state index contributed by atoms with van der Waals surface area (Å²) in [6, 6.07) is 1.89. The molecule has 0 aliphatic carbocycles. The molecule has 1 N–H and O–H groups in total. The number of benzene rings is 1. The molecule has 1 aliphatic heterocycles. The molecule has 0 bridgehead atoms. The standard InChI is InChI=1S/C10H8ClFN2O4/c11-6-1-9(14(17)18)8(2-7(6)12)13-3-5(4-13)10(15)16/h1-2,5H,3-4H2,(H,15,16). The summed E-state index contributed by atoms with van der Waals surface area (Å²) in [6.45, 7) is 0.245. The summed E-state index contributed by atoms with van der Waals surface area (Å²) >= 11 is 5.48. The zero-order valence-electron chi connectivity index (χ0n) is 8.97. The number of nitrogens with zero attached hydrogens (tertiary/aromatic N) is 2. The highest BCUT2D eigenvalue weighted by atomic mass is 35.5. The maximum absolute atomic E-state index is 13.3. The van der Waals surface area contributed by atoms with Gasteiger partial charge in [-0.25, -0.2) is 4.39 Å². The summed E-state index contributed by atoms with van der Waals surface area (Å²) in [5.41, 5.74) is -0.273. The smallest absolute Gasteiger partial charge is 0.310 e. The van der Waals surface area contributed by atoms with Gasteiger partial charge in [0.05, 0.1) is 15.9 Å². The van der Waals surface area contributed by atoms with Crippen LogP contribution in [0.4, 0.5) is 15.8 Å². The van der Waals surface area contributed by atoms with Crippen LogP contribution >= 0.6 is 11.6 Å². The lowest BCUT2D eigenvalue weighted by Crippen LogP contribution is -2.50. The molecule has 1 aromatic rings. The van der Waals surface area contributed by atoms with Gasteiger partial charge in [-0.2, -0.15) is 0 Å². The van der Waals surface area contributed by atoms with E-state index in [0.717, 1.165) is 12.1 Å². The van der Waals surface area contributed by atoms with Crippen LogP contribution in [0.1, 0.15) is 0 Å². The van der Waals surface area contributed by atoms with E-state index in [9.17, 15) is 19.3 Å². The minimum absolute atomic E-state index is 0.0550. The van der Waals surface area contributed by atoms with E-state index in [2.05, 4.69) is 0 Å². The fourth-order valence-electron chi connectivity index (χ4n) is 1.76. The molecule has 2 rings (SSSR count). The van der Waals surface area contributed by atoms with Crippen molar-refractivity contribution in [1.29, 1.82) is 0 Å². The quantitative estimate of drug-likeness (QED) is 0.672. The molecular weight excluding hydrogens is 267 g/mol. The molecule has 1 aliphatic rings. The van der Waals surface area contributed by atoms with E-state index in [-0.39, 0.29) is 29.5 Å². The Labute approximate surface area is 106 Å². The number of hydrogen-bond acceptors (Lipinski definition) is 4. The summed E-state index contributed by atoms with van der Waals surface area (Å²) in [4.78, 5) is 22.2. The third-order valence-corrected chi connectivity index (χ3v) is 3.08. The Balaban J connectivity index is 2.31. The van der Waals surface area contributed by atoms with Crippen LogP contribution in [-0.2, 0) is 4.79 Å². The van der Waals surface area contributed by atoms with Crippen molar-refractivity contribution in [3.8, 4) is 0 Å². The zero-order valence-corrected chi connectivity index (χ0v) is 9.72. The highest BCUT2D eigenvalue weighted by Gasteiger charge is 2.36. The lowest BCUT2D eigenvalue weighted by Gasteiger charge is -2.38. The molecule has 8 heteroatoms. The number of carboxylic acids is 1. The molecular formula is C10H8ClFN2O4. The van der Waals surface area contributed by atoms with Gasteiger partial charge in [-0.1, -0.05) is 11.6 Å². The zero-order chi connectivity index (χ0) is 13.4. The predicted octanol–water partition coefficient (Wildman–Crippen LogP) is 1.91. The van der Waals surface area contributed by atoms with E-state index in [4.69, 9.17) is 16.7 Å². The molecule has 0 saturated carbocycles. The van der Waals surface area contributed by atoms with Crippen molar-refractivity contribution in [2.45, 2.75) is 0 Å². The minimum atomic E-state index is -0.969. The van der Waals surface area contributed by atoms with Crippen molar-refractivity contribution < 1.29 is 19.2 Å². The molecule has 0 atom stereocenters. The molecule has 1 fully saturated rings. The maximum atomic E-state index is 13.3. The number of halogens is 2. The number of rotatable bonds is 3.